The highest BCUT2D eigenvalue weighted by Gasteiger charge is 2.06. The lowest BCUT2D eigenvalue weighted by molar-refractivity contribution is 0.465. The van der Waals surface area contributed by atoms with E-state index in [0.29, 0.717) is 6.54 Å². The topological polar surface area (TPSA) is 85.3 Å². The largest absolute Gasteiger partial charge is 0.469 e. The third kappa shape index (κ3) is 5.89. The quantitative estimate of drug-likeness (QED) is 0.732. The average Bonchev–Trinajstić information content (AvgIpc) is 2.65. The molecule has 3 N–H and O–H groups in total. The maximum atomic E-state index is 10.7. The van der Waals surface area contributed by atoms with Crippen molar-refractivity contribution in [3.8, 4) is 0 Å². The molecule has 1 rings (SSSR count). The minimum absolute atomic E-state index is 0.0297. The van der Waals surface area contributed by atoms with Crippen LogP contribution in [0.3, 0.4) is 0 Å². The molecule has 0 aromatic carbocycles. The van der Waals surface area contributed by atoms with Gasteiger partial charge in [-0.15, -0.1) is 0 Å². The van der Waals surface area contributed by atoms with Crippen molar-refractivity contribution in [1.82, 2.24) is 5.32 Å². The number of nitrogens with two attached hydrogens (primary N) is 1. The van der Waals surface area contributed by atoms with Crippen LogP contribution in [0.2, 0.25) is 0 Å². The van der Waals surface area contributed by atoms with Gasteiger partial charge in [0.1, 0.15) is 5.76 Å². The van der Waals surface area contributed by atoms with Crippen molar-refractivity contribution >= 4 is 10.0 Å². The summed E-state index contributed by atoms with van der Waals surface area (Å²) in [5.74, 6) is 0.915. The molecule has 6 heteroatoms. The van der Waals surface area contributed by atoms with Gasteiger partial charge in [-0.3, -0.25) is 0 Å². The molecule has 0 radical (unpaired) electrons. The van der Waals surface area contributed by atoms with Crippen LogP contribution in [0.5, 0.6) is 0 Å². The molecule has 0 amide bonds. The van der Waals surface area contributed by atoms with Crippen LogP contribution in [0.1, 0.15) is 19.1 Å². The molecule has 92 valence electrons. The van der Waals surface area contributed by atoms with Gasteiger partial charge in [0.2, 0.25) is 10.0 Å². The Kier molecular flexibility index (Phi) is 4.98. The standard InChI is InChI=1S/C10H18N2O3S/c1-9(12-6-8-16(11,13)14)4-5-10-3-2-7-15-10/h2-3,7,9,12H,4-6,8H2,1H3,(H2,11,13,14). The highest BCUT2D eigenvalue weighted by Crippen LogP contribution is 2.05. The Morgan fingerprint density at radius 1 is 1.56 bits per heavy atom. The number of aryl methyl sites for hydroxylation is 1. The molecule has 1 heterocycles. The molecule has 1 unspecified atom stereocenters. The lowest BCUT2D eigenvalue weighted by Crippen LogP contribution is -2.33. The Hall–Kier alpha value is -0.850. The highest BCUT2D eigenvalue weighted by atomic mass is 32.2. The molecule has 0 aliphatic carbocycles. The van der Waals surface area contributed by atoms with Crippen LogP contribution in [0.4, 0.5) is 0 Å². The molecule has 0 aliphatic heterocycles. The van der Waals surface area contributed by atoms with Crippen molar-refractivity contribution in [1.29, 1.82) is 0 Å². The van der Waals surface area contributed by atoms with Crippen molar-refractivity contribution in [2.24, 2.45) is 5.14 Å². The van der Waals surface area contributed by atoms with E-state index in [4.69, 9.17) is 9.56 Å². The van der Waals surface area contributed by atoms with Crippen LogP contribution in [0.15, 0.2) is 22.8 Å². The zero-order valence-corrected chi connectivity index (χ0v) is 10.2. The monoisotopic (exact) mass is 246 g/mol. The van der Waals surface area contributed by atoms with Gasteiger partial charge >= 0.3 is 0 Å². The van der Waals surface area contributed by atoms with Crippen LogP contribution < -0.4 is 10.5 Å². The SMILES string of the molecule is CC(CCc1ccco1)NCCS(N)(=O)=O. The Bertz CT molecular complexity index is 386. The van der Waals surface area contributed by atoms with E-state index >= 15 is 0 Å². The van der Waals surface area contributed by atoms with Gasteiger partial charge in [0.05, 0.1) is 12.0 Å². The fourth-order valence-electron chi connectivity index (χ4n) is 1.36. The Morgan fingerprint density at radius 3 is 2.88 bits per heavy atom. The summed E-state index contributed by atoms with van der Waals surface area (Å²) in [5.41, 5.74) is 0. The summed E-state index contributed by atoms with van der Waals surface area (Å²) in [6, 6.07) is 4.03. The molecular weight excluding hydrogens is 228 g/mol. The number of furan rings is 1. The van der Waals surface area contributed by atoms with E-state index in [1.807, 2.05) is 19.1 Å². The molecule has 1 atom stereocenters. The lowest BCUT2D eigenvalue weighted by Gasteiger charge is -2.12. The van der Waals surface area contributed by atoms with E-state index in [1.54, 1.807) is 6.26 Å². The van der Waals surface area contributed by atoms with Crippen molar-refractivity contribution in [3.63, 3.8) is 0 Å². The third-order valence-electron chi connectivity index (χ3n) is 2.28. The van der Waals surface area contributed by atoms with E-state index in [9.17, 15) is 8.42 Å². The second-order valence-electron chi connectivity index (χ2n) is 3.84. The number of hydrogen-bond acceptors (Lipinski definition) is 4. The van der Waals surface area contributed by atoms with Crippen LogP contribution in [-0.2, 0) is 16.4 Å². The van der Waals surface area contributed by atoms with Gasteiger partial charge in [-0.25, -0.2) is 13.6 Å². The van der Waals surface area contributed by atoms with E-state index in [1.165, 1.54) is 0 Å². The van der Waals surface area contributed by atoms with Crippen molar-refractivity contribution in [2.45, 2.75) is 25.8 Å². The maximum Gasteiger partial charge on any atom is 0.210 e. The smallest absolute Gasteiger partial charge is 0.210 e. The summed E-state index contributed by atoms with van der Waals surface area (Å²) in [5, 5.41) is 7.99. The summed E-state index contributed by atoms with van der Waals surface area (Å²) in [7, 11) is -3.36. The maximum absolute atomic E-state index is 10.7. The Balaban J connectivity index is 2.14. The highest BCUT2D eigenvalue weighted by molar-refractivity contribution is 7.89. The van der Waals surface area contributed by atoms with E-state index < -0.39 is 10.0 Å². The van der Waals surface area contributed by atoms with E-state index in [2.05, 4.69) is 5.32 Å². The first-order chi connectivity index (χ1) is 7.47. The van der Waals surface area contributed by atoms with Crippen LogP contribution in [0, 0.1) is 0 Å². The second kappa shape index (κ2) is 6.03. The number of hydrogen-bond donors (Lipinski definition) is 2. The first kappa shape index (κ1) is 13.2. The van der Waals surface area contributed by atoms with Crippen LogP contribution in [0.25, 0.3) is 0 Å². The second-order valence-corrected chi connectivity index (χ2v) is 5.57. The molecular formula is C10H18N2O3S. The van der Waals surface area contributed by atoms with Gasteiger partial charge in [0.15, 0.2) is 0 Å². The molecule has 0 fully saturated rings. The minimum Gasteiger partial charge on any atom is -0.469 e. The molecule has 0 saturated heterocycles. The van der Waals surface area contributed by atoms with E-state index in [-0.39, 0.29) is 11.8 Å². The summed E-state index contributed by atoms with van der Waals surface area (Å²) in [6.45, 7) is 2.39. The third-order valence-corrected chi connectivity index (χ3v) is 3.06. The Labute approximate surface area is 96.1 Å². The number of nitrogens with one attached hydrogen (secondary N) is 1. The van der Waals surface area contributed by atoms with Crippen LogP contribution >= 0.6 is 0 Å². The molecule has 1 aromatic heterocycles. The number of primary sulfonamides is 1. The summed E-state index contributed by atoms with van der Waals surface area (Å²) < 4.78 is 26.6. The number of rotatable bonds is 7. The molecule has 0 aliphatic rings. The average molecular weight is 246 g/mol. The van der Waals surface area contributed by atoms with Gasteiger partial charge < -0.3 is 9.73 Å². The molecule has 5 nitrogen and oxygen atoms in total. The van der Waals surface area contributed by atoms with Crippen molar-refractivity contribution in [2.75, 3.05) is 12.3 Å². The van der Waals surface area contributed by atoms with Gasteiger partial charge in [-0.1, -0.05) is 0 Å². The summed E-state index contributed by atoms with van der Waals surface area (Å²) in [6.07, 6.45) is 3.39. The van der Waals surface area contributed by atoms with Gasteiger partial charge in [-0.2, -0.15) is 0 Å². The molecule has 0 bridgehead atoms. The zero-order valence-electron chi connectivity index (χ0n) is 9.35. The first-order valence-electron chi connectivity index (χ1n) is 5.23. The fourth-order valence-corrected chi connectivity index (χ4v) is 1.77. The molecule has 0 saturated carbocycles. The first-order valence-corrected chi connectivity index (χ1v) is 6.95. The number of sulfonamides is 1. The van der Waals surface area contributed by atoms with Gasteiger partial charge in [0.25, 0.3) is 0 Å². The van der Waals surface area contributed by atoms with Crippen molar-refractivity contribution in [3.05, 3.63) is 24.2 Å². The van der Waals surface area contributed by atoms with E-state index in [0.717, 1.165) is 18.6 Å². The fraction of sp³-hybridized carbons (Fsp3) is 0.600. The minimum atomic E-state index is -3.36. The molecule has 16 heavy (non-hydrogen) atoms. The summed E-state index contributed by atoms with van der Waals surface area (Å²) in [4.78, 5) is 0. The van der Waals surface area contributed by atoms with Gasteiger partial charge in [-0.05, 0) is 25.5 Å². The zero-order chi connectivity index (χ0) is 12.0. The molecule has 1 aromatic rings. The van der Waals surface area contributed by atoms with Gasteiger partial charge in [0, 0.05) is 19.0 Å². The predicted octanol–water partition coefficient (Wildman–Crippen LogP) is 0.479. The lowest BCUT2D eigenvalue weighted by atomic mass is 10.1. The summed E-state index contributed by atoms with van der Waals surface area (Å²) >= 11 is 0. The van der Waals surface area contributed by atoms with Crippen LogP contribution in [-0.4, -0.2) is 26.8 Å². The molecule has 0 spiro atoms. The predicted molar refractivity (Wildman–Crippen MR) is 62.5 cm³/mol. The van der Waals surface area contributed by atoms with Crippen molar-refractivity contribution < 1.29 is 12.8 Å². The Morgan fingerprint density at radius 2 is 2.31 bits per heavy atom. The normalized spacial score (nSPS) is 13.9.